The highest BCUT2D eigenvalue weighted by molar-refractivity contribution is 5.63. The first-order chi connectivity index (χ1) is 9.72. The van der Waals surface area contributed by atoms with E-state index in [1.54, 1.807) is 0 Å². The molecular formula is C15H17N5. The van der Waals surface area contributed by atoms with Crippen LogP contribution in [0.5, 0.6) is 0 Å². The maximum Gasteiger partial charge on any atom is 0.110 e. The number of aryl methyl sites for hydroxylation is 3. The molecule has 0 aliphatic carbocycles. The topological polar surface area (TPSA) is 61.7 Å². The Morgan fingerprint density at radius 3 is 2.65 bits per heavy atom. The van der Waals surface area contributed by atoms with Gasteiger partial charge in [0.25, 0.3) is 0 Å². The summed E-state index contributed by atoms with van der Waals surface area (Å²) in [7, 11) is 2.01. The van der Waals surface area contributed by atoms with Crippen LogP contribution in [0.1, 0.15) is 5.82 Å². The van der Waals surface area contributed by atoms with Crippen molar-refractivity contribution in [1.29, 1.82) is 0 Å². The van der Waals surface area contributed by atoms with E-state index in [4.69, 9.17) is 5.73 Å². The number of hydrogen-bond acceptors (Lipinski definition) is 3. The quantitative estimate of drug-likeness (QED) is 0.736. The Hall–Kier alpha value is -2.56. The molecule has 5 heteroatoms. The van der Waals surface area contributed by atoms with Gasteiger partial charge in [-0.25, -0.2) is 4.98 Å². The van der Waals surface area contributed by atoms with Crippen LogP contribution in [-0.2, 0) is 20.0 Å². The second-order valence-electron chi connectivity index (χ2n) is 4.82. The van der Waals surface area contributed by atoms with E-state index in [0.29, 0.717) is 0 Å². The van der Waals surface area contributed by atoms with Gasteiger partial charge in [0.2, 0.25) is 0 Å². The summed E-state index contributed by atoms with van der Waals surface area (Å²) >= 11 is 0. The summed E-state index contributed by atoms with van der Waals surface area (Å²) < 4.78 is 3.98. The molecule has 0 saturated heterocycles. The van der Waals surface area contributed by atoms with E-state index in [2.05, 4.69) is 16.3 Å². The molecule has 0 aliphatic rings. The molecule has 2 aromatic heterocycles. The molecule has 5 nitrogen and oxygen atoms in total. The van der Waals surface area contributed by atoms with Crippen molar-refractivity contribution >= 4 is 5.69 Å². The van der Waals surface area contributed by atoms with Crippen molar-refractivity contribution in [3.63, 3.8) is 0 Å². The third kappa shape index (κ3) is 2.56. The molecule has 0 aliphatic heterocycles. The number of hydrogen-bond donors (Lipinski definition) is 1. The molecule has 0 spiro atoms. The van der Waals surface area contributed by atoms with E-state index in [9.17, 15) is 0 Å². The van der Waals surface area contributed by atoms with Gasteiger partial charge < -0.3 is 10.3 Å². The number of aromatic nitrogens is 4. The zero-order valence-electron chi connectivity index (χ0n) is 11.4. The van der Waals surface area contributed by atoms with Crippen LogP contribution in [0.4, 0.5) is 5.69 Å². The summed E-state index contributed by atoms with van der Waals surface area (Å²) in [5, 5.41) is 4.39. The summed E-state index contributed by atoms with van der Waals surface area (Å²) in [6.07, 6.45) is 8.57. The number of nitrogen functional groups attached to an aromatic ring is 1. The molecule has 0 amide bonds. The minimum Gasteiger partial charge on any atom is -0.399 e. The Labute approximate surface area is 117 Å². The van der Waals surface area contributed by atoms with Crippen molar-refractivity contribution in [3.05, 3.63) is 54.9 Å². The Bertz CT molecular complexity index is 693. The number of benzene rings is 1. The molecule has 0 unspecified atom stereocenters. The van der Waals surface area contributed by atoms with Crippen LogP contribution in [0.2, 0.25) is 0 Å². The highest BCUT2D eigenvalue weighted by atomic mass is 15.3. The van der Waals surface area contributed by atoms with E-state index in [1.807, 2.05) is 59.2 Å². The van der Waals surface area contributed by atoms with Crippen LogP contribution in [0.3, 0.4) is 0 Å². The molecule has 3 rings (SSSR count). The van der Waals surface area contributed by atoms with Crippen molar-refractivity contribution in [3.8, 4) is 11.1 Å². The largest absolute Gasteiger partial charge is 0.399 e. The van der Waals surface area contributed by atoms with Crippen LogP contribution >= 0.6 is 0 Å². The Morgan fingerprint density at radius 1 is 1.15 bits per heavy atom. The molecule has 0 saturated carbocycles. The molecule has 2 N–H and O–H groups in total. The van der Waals surface area contributed by atoms with Crippen LogP contribution in [0.15, 0.2) is 49.1 Å². The van der Waals surface area contributed by atoms with Gasteiger partial charge in [0.05, 0.1) is 6.20 Å². The number of anilines is 1. The average Bonchev–Trinajstić information content (AvgIpc) is 3.06. The highest BCUT2D eigenvalue weighted by Gasteiger charge is 2.04. The van der Waals surface area contributed by atoms with Gasteiger partial charge in [-0.15, -0.1) is 0 Å². The summed E-state index contributed by atoms with van der Waals surface area (Å²) in [5.41, 5.74) is 8.70. The lowest BCUT2D eigenvalue weighted by molar-refractivity contribution is 0.589. The number of imidazole rings is 1. The van der Waals surface area contributed by atoms with Gasteiger partial charge in [-0.3, -0.25) is 4.68 Å². The lowest BCUT2D eigenvalue weighted by Gasteiger charge is -2.02. The number of nitrogens with zero attached hydrogens (tertiary/aromatic N) is 4. The van der Waals surface area contributed by atoms with Crippen LogP contribution in [0, 0.1) is 0 Å². The summed E-state index contributed by atoms with van der Waals surface area (Å²) in [6.45, 7) is 0.819. The SMILES string of the molecule is Cn1ccnc1CCn1cc(-c2ccc(N)cc2)cn1. The Morgan fingerprint density at radius 2 is 1.95 bits per heavy atom. The maximum absolute atomic E-state index is 5.70. The lowest BCUT2D eigenvalue weighted by Crippen LogP contribution is -2.05. The van der Waals surface area contributed by atoms with Crippen LogP contribution in [-0.4, -0.2) is 19.3 Å². The van der Waals surface area contributed by atoms with Crippen molar-refractivity contribution in [2.45, 2.75) is 13.0 Å². The first kappa shape index (κ1) is 12.5. The van der Waals surface area contributed by atoms with Crippen molar-refractivity contribution in [2.24, 2.45) is 7.05 Å². The van der Waals surface area contributed by atoms with E-state index in [1.165, 1.54) is 0 Å². The maximum atomic E-state index is 5.70. The van der Waals surface area contributed by atoms with Crippen LogP contribution < -0.4 is 5.73 Å². The standard InChI is InChI=1S/C15H17N5/c1-19-9-7-17-15(19)6-8-20-11-13(10-18-20)12-2-4-14(16)5-3-12/h2-5,7,9-11H,6,8,16H2,1H3. The van der Waals surface area contributed by atoms with Crippen molar-refractivity contribution in [1.82, 2.24) is 19.3 Å². The number of rotatable bonds is 4. The zero-order chi connectivity index (χ0) is 13.9. The first-order valence-electron chi connectivity index (χ1n) is 6.57. The first-order valence-corrected chi connectivity index (χ1v) is 6.57. The summed E-state index contributed by atoms with van der Waals surface area (Å²) in [4.78, 5) is 4.31. The predicted molar refractivity (Wildman–Crippen MR) is 79.0 cm³/mol. The van der Waals surface area contributed by atoms with Gasteiger partial charge >= 0.3 is 0 Å². The molecule has 20 heavy (non-hydrogen) atoms. The van der Waals surface area contributed by atoms with Crippen LogP contribution in [0.25, 0.3) is 11.1 Å². The third-order valence-electron chi connectivity index (χ3n) is 3.36. The molecule has 2 heterocycles. The van der Waals surface area contributed by atoms with Gasteiger partial charge in [0.1, 0.15) is 5.82 Å². The number of nitrogens with two attached hydrogens (primary N) is 1. The molecular weight excluding hydrogens is 250 g/mol. The minimum absolute atomic E-state index is 0.774. The van der Waals surface area contributed by atoms with Gasteiger partial charge in [0, 0.05) is 49.9 Å². The van der Waals surface area contributed by atoms with Gasteiger partial charge in [0.15, 0.2) is 0 Å². The second-order valence-corrected chi connectivity index (χ2v) is 4.82. The monoisotopic (exact) mass is 267 g/mol. The van der Waals surface area contributed by atoms with Gasteiger partial charge in [-0.05, 0) is 17.7 Å². The molecule has 0 radical (unpaired) electrons. The molecule has 1 aromatic carbocycles. The van der Waals surface area contributed by atoms with E-state index >= 15 is 0 Å². The van der Waals surface area contributed by atoms with E-state index < -0.39 is 0 Å². The van der Waals surface area contributed by atoms with E-state index in [-0.39, 0.29) is 0 Å². The highest BCUT2D eigenvalue weighted by Crippen LogP contribution is 2.19. The fourth-order valence-corrected chi connectivity index (χ4v) is 2.16. The lowest BCUT2D eigenvalue weighted by atomic mass is 10.1. The smallest absolute Gasteiger partial charge is 0.110 e. The second kappa shape index (κ2) is 5.21. The zero-order valence-corrected chi connectivity index (χ0v) is 11.4. The fourth-order valence-electron chi connectivity index (χ4n) is 2.16. The normalized spacial score (nSPS) is 10.8. The van der Waals surface area contributed by atoms with E-state index in [0.717, 1.165) is 35.6 Å². The Kier molecular flexibility index (Phi) is 3.25. The average molecular weight is 267 g/mol. The molecule has 0 atom stereocenters. The minimum atomic E-state index is 0.774. The molecule has 0 bridgehead atoms. The predicted octanol–water partition coefficient (Wildman–Crippen LogP) is 2.11. The summed E-state index contributed by atoms with van der Waals surface area (Å²) in [6, 6.07) is 7.83. The van der Waals surface area contributed by atoms with Gasteiger partial charge in [-0.1, -0.05) is 12.1 Å². The fraction of sp³-hybridized carbons (Fsp3) is 0.200. The third-order valence-corrected chi connectivity index (χ3v) is 3.36. The molecule has 3 aromatic rings. The van der Waals surface area contributed by atoms with Gasteiger partial charge in [-0.2, -0.15) is 5.10 Å². The molecule has 102 valence electrons. The Balaban J connectivity index is 1.71. The van der Waals surface area contributed by atoms with Crippen molar-refractivity contribution < 1.29 is 0 Å². The van der Waals surface area contributed by atoms with Crippen molar-refractivity contribution in [2.75, 3.05) is 5.73 Å². The molecule has 0 fully saturated rings. The summed E-state index contributed by atoms with van der Waals surface area (Å²) in [5.74, 6) is 1.06.